The summed E-state index contributed by atoms with van der Waals surface area (Å²) >= 11 is 0. The van der Waals surface area contributed by atoms with E-state index in [2.05, 4.69) is 444 Å². The van der Waals surface area contributed by atoms with Gasteiger partial charge in [-0.25, -0.2) is 0 Å². The molecule has 4 heteroatoms. The molecule has 0 aliphatic heterocycles. The zero-order chi connectivity index (χ0) is 70.3. The number of aromatic nitrogens is 2. The topological polar surface area (TPSA) is 16.3 Å². The van der Waals surface area contributed by atoms with E-state index in [0.717, 1.165) is 45.5 Å². The number of anilines is 6. The number of nitrogens with zero attached hydrogens (tertiary/aromatic N) is 4. The molecule has 20 rings (SSSR count). The molecule has 2 aromatic heterocycles. The average Bonchev–Trinajstić information content (AvgIpc) is 1.59. The second kappa shape index (κ2) is 27.4. The first-order valence-electron chi connectivity index (χ1n) is 36.3. The molecule has 0 amide bonds. The van der Waals surface area contributed by atoms with Crippen molar-refractivity contribution in [3.05, 3.63) is 425 Å². The molecular weight excluding hydrogens is 1280 g/mol. The molecule has 106 heavy (non-hydrogen) atoms. The van der Waals surface area contributed by atoms with Crippen LogP contribution in [0.3, 0.4) is 0 Å². The van der Waals surface area contributed by atoms with Gasteiger partial charge < -0.3 is 18.9 Å². The molecule has 18 aromatic carbocycles. The highest BCUT2D eigenvalue weighted by atomic mass is 15.1. The molecule has 0 saturated carbocycles. The first-order chi connectivity index (χ1) is 52.5. The van der Waals surface area contributed by atoms with Crippen LogP contribution in [0.25, 0.3) is 143 Å². The maximum Gasteiger partial charge on any atom is 0.0541 e. The van der Waals surface area contributed by atoms with Crippen molar-refractivity contribution < 1.29 is 0 Å². The van der Waals surface area contributed by atoms with Crippen molar-refractivity contribution in [3.63, 3.8) is 0 Å². The molecule has 0 N–H and O–H groups in total. The van der Waals surface area contributed by atoms with Crippen molar-refractivity contribution in [3.8, 4) is 67.0 Å². The zero-order valence-electron chi connectivity index (χ0n) is 58.2. The number of rotatable bonds is 13. The Morgan fingerprint density at radius 2 is 0.340 bits per heavy atom. The predicted octanol–water partition coefficient (Wildman–Crippen LogP) is 28.3. The van der Waals surface area contributed by atoms with Crippen molar-refractivity contribution in [2.75, 3.05) is 9.80 Å². The lowest BCUT2D eigenvalue weighted by Gasteiger charge is -2.26. The minimum absolute atomic E-state index is 1.10. The molecule has 0 atom stereocenters. The maximum absolute atomic E-state index is 2.37. The van der Waals surface area contributed by atoms with Gasteiger partial charge in [-0.15, -0.1) is 0 Å². The van der Waals surface area contributed by atoms with Crippen LogP contribution in [-0.2, 0) is 0 Å². The molecule has 0 aliphatic carbocycles. The Morgan fingerprint density at radius 3 is 0.632 bits per heavy atom. The van der Waals surface area contributed by atoms with Crippen molar-refractivity contribution in [1.29, 1.82) is 0 Å². The molecule has 20 aromatic rings. The maximum atomic E-state index is 2.37. The minimum atomic E-state index is 1.10. The third-order valence-corrected chi connectivity index (χ3v) is 21.0. The zero-order valence-corrected chi connectivity index (χ0v) is 58.2. The van der Waals surface area contributed by atoms with Gasteiger partial charge in [-0.3, -0.25) is 0 Å². The molecule has 2 heterocycles. The molecule has 0 saturated heterocycles. The van der Waals surface area contributed by atoms with Crippen LogP contribution >= 0.6 is 0 Å². The fourth-order valence-corrected chi connectivity index (χ4v) is 15.6. The molecule has 0 radical (unpaired) electrons. The first-order valence-corrected chi connectivity index (χ1v) is 36.3. The molecule has 0 unspecified atom stereocenters. The van der Waals surface area contributed by atoms with E-state index in [9.17, 15) is 0 Å². The average molecular weight is 1350 g/mol. The highest BCUT2D eigenvalue weighted by Gasteiger charge is 2.19. The lowest BCUT2D eigenvalue weighted by atomic mass is 10.00. The summed E-state index contributed by atoms with van der Waals surface area (Å²) in [6.07, 6.45) is 0. The summed E-state index contributed by atoms with van der Waals surface area (Å²) in [5, 5.41) is 12.6. The van der Waals surface area contributed by atoms with Crippen LogP contribution in [0.2, 0.25) is 0 Å². The van der Waals surface area contributed by atoms with Crippen LogP contribution in [-0.4, -0.2) is 9.13 Å². The number of hydrogen-bond donors (Lipinski definition) is 0. The van der Waals surface area contributed by atoms with E-state index in [4.69, 9.17) is 0 Å². The van der Waals surface area contributed by atoms with Gasteiger partial charge in [0.25, 0.3) is 0 Å². The van der Waals surface area contributed by atoms with Gasteiger partial charge in [0.1, 0.15) is 0 Å². The van der Waals surface area contributed by atoms with E-state index in [1.807, 2.05) is 0 Å². The monoisotopic (exact) mass is 1350 g/mol. The van der Waals surface area contributed by atoms with Crippen LogP contribution < -0.4 is 9.80 Å². The van der Waals surface area contributed by atoms with Gasteiger partial charge in [-0.05, 0) is 227 Å². The third kappa shape index (κ3) is 12.0. The van der Waals surface area contributed by atoms with Gasteiger partial charge in [-0.1, -0.05) is 285 Å². The molecule has 0 aliphatic rings. The summed E-state index contributed by atoms with van der Waals surface area (Å²) in [5.74, 6) is 0. The van der Waals surface area contributed by atoms with Gasteiger partial charge in [0, 0.05) is 67.0 Å². The largest absolute Gasteiger partial charge is 0.311 e. The van der Waals surface area contributed by atoms with Gasteiger partial charge in [-0.2, -0.15) is 0 Å². The van der Waals surface area contributed by atoms with Crippen LogP contribution in [0.4, 0.5) is 34.1 Å². The summed E-state index contributed by atoms with van der Waals surface area (Å²) in [6, 6.07) is 154. The summed E-state index contributed by atoms with van der Waals surface area (Å²) in [5.41, 5.74) is 25.8. The number of benzene rings is 18. The van der Waals surface area contributed by atoms with Crippen molar-refractivity contribution in [1.82, 2.24) is 9.13 Å². The van der Waals surface area contributed by atoms with E-state index in [0.29, 0.717) is 0 Å². The van der Waals surface area contributed by atoms with Gasteiger partial charge in [0.05, 0.1) is 22.1 Å². The van der Waals surface area contributed by atoms with E-state index in [1.165, 1.54) is 132 Å². The van der Waals surface area contributed by atoms with Crippen LogP contribution in [0.5, 0.6) is 0 Å². The third-order valence-electron chi connectivity index (χ3n) is 21.0. The van der Waals surface area contributed by atoms with Gasteiger partial charge in [0.15, 0.2) is 0 Å². The second-order valence-corrected chi connectivity index (χ2v) is 27.3. The fraction of sp³-hybridized carbons (Fsp3) is 0. The molecule has 498 valence electrons. The predicted molar refractivity (Wildman–Crippen MR) is 451 cm³/mol. The molecule has 4 nitrogen and oxygen atoms in total. The Kier molecular flexibility index (Phi) is 16.2. The van der Waals surface area contributed by atoms with Crippen molar-refractivity contribution in [2.45, 2.75) is 0 Å². The first kappa shape index (κ1) is 62.9. The van der Waals surface area contributed by atoms with Crippen molar-refractivity contribution >= 4 is 110 Å². The fourth-order valence-electron chi connectivity index (χ4n) is 15.6. The summed E-state index contributed by atoms with van der Waals surface area (Å²) < 4.78 is 4.74. The number of hydrogen-bond acceptors (Lipinski definition) is 2. The highest BCUT2D eigenvalue weighted by Crippen LogP contribution is 2.43. The Bertz CT molecular complexity index is 6350. The SMILES string of the molecule is c1ccc(-c2ccc(N(c3ccc(-c4ccc(-n5c6ccccc6c6ccccc65)cc4)cc3)c3ccc(-c4ccc5ccccc5c4)cc3)cc2)cc1.c1ccc2cc(-c3ccc(N(c4ccc(-c5ccc6ccccc6c5)cc4)c4ccc(-n5c6ccccc6c6ccccc65)cc4)cc3)ccc2c1. The van der Waals surface area contributed by atoms with Crippen LogP contribution in [0, 0.1) is 0 Å². The lowest BCUT2D eigenvalue weighted by molar-refractivity contribution is 1.17. The summed E-state index contributed by atoms with van der Waals surface area (Å²) in [7, 11) is 0. The Labute approximate surface area is 616 Å². The van der Waals surface area contributed by atoms with Crippen LogP contribution in [0.1, 0.15) is 0 Å². The number of para-hydroxylation sites is 4. The van der Waals surface area contributed by atoms with Crippen LogP contribution in [0.15, 0.2) is 425 Å². The molecule has 0 spiro atoms. The summed E-state index contributed by atoms with van der Waals surface area (Å²) in [4.78, 5) is 4.69. The Morgan fingerprint density at radius 1 is 0.142 bits per heavy atom. The molecular formula is C102H70N4. The number of fused-ring (bicyclic) bond motifs is 9. The smallest absolute Gasteiger partial charge is 0.0541 e. The van der Waals surface area contributed by atoms with Crippen molar-refractivity contribution in [2.24, 2.45) is 0 Å². The van der Waals surface area contributed by atoms with E-state index in [1.54, 1.807) is 0 Å². The lowest BCUT2D eigenvalue weighted by Crippen LogP contribution is -2.10. The Hall–Kier alpha value is -14.1. The standard InChI is InChI=1S/C52H36N2.C50H34N2/c1-2-10-37(11-3-1)39-20-28-45(29-21-39)53(47-32-26-42(27-33-47)44-19-18-38-12-4-5-13-43(38)36-44)46-30-22-40(23-31-46)41-24-34-48(35-25-41)54-51-16-8-6-14-49(51)50-15-7-9-17-52(50)54;1-3-11-39-33-41(19-17-35(39)9-1)37-21-25-43(26-22-37)51(44-27-23-38(24-28-44)42-20-18-36-10-2-4-12-40(36)34-42)45-29-31-46(32-30-45)52-49-15-7-5-13-47(49)48-14-6-8-16-50(48)52/h1-36H;1-34H. The van der Waals surface area contributed by atoms with E-state index >= 15 is 0 Å². The normalized spacial score (nSPS) is 11.4. The Balaban J connectivity index is 0.000000145. The molecule has 0 bridgehead atoms. The minimum Gasteiger partial charge on any atom is -0.311 e. The second-order valence-electron chi connectivity index (χ2n) is 27.3. The van der Waals surface area contributed by atoms with Gasteiger partial charge in [0.2, 0.25) is 0 Å². The van der Waals surface area contributed by atoms with E-state index in [-0.39, 0.29) is 0 Å². The van der Waals surface area contributed by atoms with Gasteiger partial charge >= 0.3 is 0 Å². The molecule has 0 fully saturated rings. The van der Waals surface area contributed by atoms with E-state index < -0.39 is 0 Å². The quantitative estimate of drug-likeness (QED) is 0.114. The summed E-state index contributed by atoms with van der Waals surface area (Å²) in [6.45, 7) is 0. The highest BCUT2D eigenvalue weighted by molar-refractivity contribution is 6.10.